The first-order valence-electron chi connectivity index (χ1n) is 5.19. The molecule has 0 spiro atoms. The molecule has 1 fully saturated rings. The smallest absolute Gasteiger partial charge is 0.309 e. The largest absolute Gasteiger partial charge is 0.469 e. The molecule has 0 amide bonds. The predicted octanol–water partition coefficient (Wildman–Crippen LogP) is 0.219. The van der Waals surface area contributed by atoms with Gasteiger partial charge in [0, 0.05) is 12.6 Å². The fourth-order valence-electron chi connectivity index (χ4n) is 1.80. The van der Waals surface area contributed by atoms with Gasteiger partial charge in [0.1, 0.15) is 0 Å². The molecule has 0 radical (unpaired) electrons. The van der Waals surface area contributed by atoms with Gasteiger partial charge in [-0.25, -0.2) is 0 Å². The molecule has 14 heavy (non-hydrogen) atoms. The van der Waals surface area contributed by atoms with Crippen molar-refractivity contribution in [2.24, 2.45) is 11.7 Å². The third-order valence-electron chi connectivity index (χ3n) is 2.77. The number of ether oxygens (including phenoxy) is 1. The van der Waals surface area contributed by atoms with E-state index in [0.29, 0.717) is 6.04 Å². The zero-order valence-electron chi connectivity index (χ0n) is 9.03. The molecule has 0 aromatic carbocycles. The van der Waals surface area contributed by atoms with Crippen LogP contribution in [-0.4, -0.2) is 43.7 Å². The molecule has 1 saturated heterocycles. The first-order chi connectivity index (χ1) is 6.63. The summed E-state index contributed by atoms with van der Waals surface area (Å²) in [5, 5.41) is 0. The summed E-state index contributed by atoms with van der Waals surface area (Å²) < 4.78 is 4.68. The Morgan fingerprint density at radius 2 is 2.14 bits per heavy atom. The maximum absolute atomic E-state index is 11.2. The van der Waals surface area contributed by atoms with E-state index in [1.54, 1.807) is 0 Å². The minimum Gasteiger partial charge on any atom is -0.469 e. The van der Waals surface area contributed by atoms with Crippen molar-refractivity contribution in [3.05, 3.63) is 0 Å². The van der Waals surface area contributed by atoms with Crippen molar-refractivity contribution in [2.75, 3.05) is 26.7 Å². The van der Waals surface area contributed by atoms with Crippen molar-refractivity contribution in [1.29, 1.82) is 0 Å². The molecular weight excluding hydrogens is 180 g/mol. The second-order valence-electron chi connectivity index (χ2n) is 4.06. The van der Waals surface area contributed by atoms with Crippen LogP contribution in [0.4, 0.5) is 0 Å². The third-order valence-corrected chi connectivity index (χ3v) is 2.77. The van der Waals surface area contributed by atoms with Crippen molar-refractivity contribution in [3.63, 3.8) is 0 Å². The summed E-state index contributed by atoms with van der Waals surface area (Å²) in [7, 11) is 1.44. The zero-order valence-corrected chi connectivity index (χ0v) is 9.03. The molecule has 1 rings (SSSR count). The summed E-state index contributed by atoms with van der Waals surface area (Å²) in [6, 6.07) is 0.347. The van der Waals surface area contributed by atoms with Gasteiger partial charge in [-0.15, -0.1) is 0 Å². The predicted molar refractivity (Wildman–Crippen MR) is 54.8 cm³/mol. The van der Waals surface area contributed by atoms with Gasteiger partial charge in [0.05, 0.1) is 13.0 Å². The molecule has 1 unspecified atom stereocenters. The second-order valence-corrected chi connectivity index (χ2v) is 4.06. The van der Waals surface area contributed by atoms with Gasteiger partial charge >= 0.3 is 5.97 Å². The number of rotatable bonds is 3. The van der Waals surface area contributed by atoms with E-state index in [2.05, 4.69) is 9.64 Å². The SMILES string of the molecule is COC(=O)C(C)CN1CCC(N)CC1. The van der Waals surface area contributed by atoms with Crippen molar-refractivity contribution >= 4 is 5.97 Å². The molecular formula is C10H20N2O2. The van der Waals surface area contributed by atoms with Crippen LogP contribution in [0.5, 0.6) is 0 Å². The molecule has 1 aliphatic rings. The number of hydrogen-bond donors (Lipinski definition) is 1. The Balaban J connectivity index is 2.27. The number of methoxy groups -OCH3 is 1. The Bertz CT molecular complexity index is 189. The van der Waals surface area contributed by atoms with E-state index in [0.717, 1.165) is 32.5 Å². The fraction of sp³-hybridized carbons (Fsp3) is 0.900. The lowest BCUT2D eigenvalue weighted by molar-refractivity contribution is -0.145. The van der Waals surface area contributed by atoms with Crippen LogP contribution in [0.15, 0.2) is 0 Å². The van der Waals surface area contributed by atoms with Gasteiger partial charge < -0.3 is 15.4 Å². The highest BCUT2D eigenvalue weighted by Gasteiger charge is 2.21. The van der Waals surface area contributed by atoms with Crippen LogP contribution in [0.1, 0.15) is 19.8 Å². The van der Waals surface area contributed by atoms with Crippen molar-refractivity contribution in [2.45, 2.75) is 25.8 Å². The number of nitrogens with two attached hydrogens (primary N) is 1. The van der Waals surface area contributed by atoms with E-state index in [1.807, 2.05) is 6.92 Å². The number of nitrogens with zero attached hydrogens (tertiary/aromatic N) is 1. The summed E-state index contributed by atoms with van der Waals surface area (Å²) in [6.45, 7) is 4.70. The summed E-state index contributed by atoms with van der Waals surface area (Å²) in [6.07, 6.45) is 2.07. The van der Waals surface area contributed by atoms with E-state index in [-0.39, 0.29) is 11.9 Å². The average Bonchev–Trinajstić information content (AvgIpc) is 2.20. The Kier molecular flexibility index (Phi) is 4.35. The summed E-state index contributed by atoms with van der Waals surface area (Å²) in [5.74, 6) is -0.158. The number of carbonyl (C=O) groups excluding carboxylic acids is 1. The van der Waals surface area contributed by atoms with E-state index in [4.69, 9.17) is 5.73 Å². The van der Waals surface area contributed by atoms with Crippen molar-refractivity contribution in [1.82, 2.24) is 4.90 Å². The molecule has 4 nitrogen and oxygen atoms in total. The third kappa shape index (κ3) is 3.27. The number of hydrogen-bond acceptors (Lipinski definition) is 4. The van der Waals surface area contributed by atoms with Gasteiger partial charge in [-0.05, 0) is 25.9 Å². The van der Waals surface area contributed by atoms with Crippen molar-refractivity contribution in [3.8, 4) is 0 Å². The molecule has 2 N–H and O–H groups in total. The number of likely N-dealkylation sites (tertiary alicyclic amines) is 1. The lowest BCUT2D eigenvalue weighted by Crippen LogP contribution is -2.42. The maximum Gasteiger partial charge on any atom is 0.309 e. The minimum absolute atomic E-state index is 0.0330. The molecule has 1 heterocycles. The Morgan fingerprint density at radius 3 is 2.64 bits per heavy atom. The number of piperidine rings is 1. The summed E-state index contributed by atoms with van der Waals surface area (Å²) in [5.41, 5.74) is 5.80. The lowest BCUT2D eigenvalue weighted by atomic mass is 10.0. The molecule has 82 valence electrons. The highest BCUT2D eigenvalue weighted by Crippen LogP contribution is 2.10. The quantitative estimate of drug-likeness (QED) is 0.662. The monoisotopic (exact) mass is 200 g/mol. The van der Waals surface area contributed by atoms with Crippen LogP contribution >= 0.6 is 0 Å². The van der Waals surface area contributed by atoms with Gasteiger partial charge in [0.25, 0.3) is 0 Å². The molecule has 0 bridgehead atoms. The van der Waals surface area contributed by atoms with Crippen LogP contribution in [0.2, 0.25) is 0 Å². The second kappa shape index (κ2) is 5.32. The Hall–Kier alpha value is -0.610. The van der Waals surface area contributed by atoms with Crippen LogP contribution < -0.4 is 5.73 Å². The van der Waals surface area contributed by atoms with Crippen LogP contribution in [-0.2, 0) is 9.53 Å². The zero-order chi connectivity index (χ0) is 10.6. The number of esters is 1. The molecule has 4 heteroatoms. The molecule has 0 aliphatic carbocycles. The lowest BCUT2D eigenvalue weighted by Gasteiger charge is -2.31. The summed E-state index contributed by atoms with van der Waals surface area (Å²) >= 11 is 0. The first kappa shape index (κ1) is 11.5. The van der Waals surface area contributed by atoms with E-state index in [9.17, 15) is 4.79 Å². The molecule has 0 aromatic heterocycles. The van der Waals surface area contributed by atoms with E-state index >= 15 is 0 Å². The standard InChI is InChI=1S/C10H20N2O2/c1-8(10(13)14-2)7-12-5-3-9(11)4-6-12/h8-9H,3-7,11H2,1-2H3. The topological polar surface area (TPSA) is 55.6 Å². The Morgan fingerprint density at radius 1 is 1.57 bits per heavy atom. The number of carbonyl (C=O) groups is 1. The fourth-order valence-corrected chi connectivity index (χ4v) is 1.80. The van der Waals surface area contributed by atoms with Crippen LogP contribution in [0.3, 0.4) is 0 Å². The van der Waals surface area contributed by atoms with Gasteiger partial charge in [-0.2, -0.15) is 0 Å². The van der Waals surface area contributed by atoms with Gasteiger partial charge in [-0.3, -0.25) is 4.79 Å². The highest BCUT2D eigenvalue weighted by atomic mass is 16.5. The van der Waals surface area contributed by atoms with Crippen LogP contribution in [0, 0.1) is 5.92 Å². The van der Waals surface area contributed by atoms with Gasteiger partial charge in [0.2, 0.25) is 0 Å². The minimum atomic E-state index is -0.125. The van der Waals surface area contributed by atoms with E-state index in [1.165, 1.54) is 7.11 Å². The van der Waals surface area contributed by atoms with Crippen molar-refractivity contribution < 1.29 is 9.53 Å². The molecule has 0 aromatic rings. The maximum atomic E-state index is 11.2. The van der Waals surface area contributed by atoms with Gasteiger partial charge in [0.15, 0.2) is 0 Å². The highest BCUT2D eigenvalue weighted by molar-refractivity contribution is 5.72. The first-order valence-corrected chi connectivity index (χ1v) is 5.19. The normalized spacial score (nSPS) is 21.9. The van der Waals surface area contributed by atoms with Gasteiger partial charge in [-0.1, -0.05) is 6.92 Å². The Labute approximate surface area is 85.4 Å². The van der Waals surface area contributed by atoms with E-state index < -0.39 is 0 Å². The molecule has 1 aliphatic heterocycles. The summed E-state index contributed by atoms with van der Waals surface area (Å²) in [4.78, 5) is 13.5. The average molecular weight is 200 g/mol. The van der Waals surface area contributed by atoms with Crippen LogP contribution in [0.25, 0.3) is 0 Å². The molecule has 1 atom stereocenters. The molecule has 0 saturated carbocycles.